The number of hydrogen-bond acceptors (Lipinski definition) is 4. The summed E-state index contributed by atoms with van der Waals surface area (Å²) in [5, 5.41) is 22.0. The van der Waals surface area contributed by atoms with Crippen molar-refractivity contribution in [3.63, 3.8) is 0 Å². The summed E-state index contributed by atoms with van der Waals surface area (Å²) in [5.41, 5.74) is 0.380. The molecule has 0 atom stereocenters. The Kier molecular flexibility index (Phi) is 2.09. The molecule has 0 saturated carbocycles. The summed E-state index contributed by atoms with van der Waals surface area (Å²) in [4.78, 5) is 16.3. The Balaban J connectivity index is 2.14. The number of carboxylic acid groups (broad SMARTS) is 1. The molecule has 1 aromatic rings. The molecule has 6 nitrogen and oxygen atoms in total. The molecule has 0 unspecified atom stereocenters. The Hall–Kier alpha value is -2.76. The fraction of sp³-hybridized carbons (Fsp3) is 0. The van der Waals surface area contributed by atoms with E-state index in [0.717, 1.165) is 5.56 Å². The van der Waals surface area contributed by atoms with E-state index < -0.39 is 5.97 Å². The number of rotatable bonds is 1. The third-order valence-corrected chi connectivity index (χ3v) is 2.64. The molecule has 0 radical (unpaired) electrons. The summed E-state index contributed by atoms with van der Waals surface area (Å²) in [5.74, 6) is -0.549. The maximum atomic E-state index is 11.9. The van der Waals surface area contributed by atoms with Crippen molar-refractivity contribution in [3.05, 3.63) is 53.1 Å². The average molecular weight is 244 g/mol. The van der Waals surface area contributed by atoms with Gasteiger partial charge >= 0.3 is 11.8 Å². The van der Waals surface area contributed by atoms with E-state index in [1.54, 1.807) is 18.2 Å². The number of fused-ring (bicyclic) bond motifs is 2. The van der Waals surface area contributed by atoms with Crippen LogP contribution < -0.4 is 4.84 Å². The first-order chi connectivity index (χ1) is 8.66. The molecule has 18 heavy (non-hydrogen) atoms. The maximum absolute atomic E-state index is 11.9. The van der Waals surface area contributed by atoms with Gasteiger partial charge in [0.2, 0.25) is 5.71 Å². The first-order valence-electron chi connectivity index (χ1n) is 5.20. The molecule has 2 aliphatic rings. The van der Waals surface area contributed by atoms with Crippen LogP contribution in [-0.4, -0.2) is 26.6 Å². The zero-order valence-electron chi connectivity index (χ0n) is 9.11. The number of hydrogen-bond donors (Lipinski definition) is 1. The summed E-state index contributed by atoms with van der Waals surface area (Å²) < 4.78 is 0.332. The van der Waals surface area contributed by atoms with Gasteiger partial charge in [0.25, 0.3) is 0 Å². The molecule has 90 valence electrons. The van der Waals surface area contributed by atoms with Crippen LogP contribution >= 0.6 is 0 Å². The standard InChI is InChI=1S/C12H8N2O4/c15-12(16)9-5-6-13-11(14(9)17)7-8-3-1-2-4-10(8)18-13/h1-7H,(H,15,16). The second kappa shape index (κ2) is 3.63. The molecule has 0 amide bonds. The van der Waals surface area contributed by atoms with Crippen molar-refractivity contribution < 1.29 is 19.5 Å². The Bertz CT molecular complexity index is 631. The van der Waals surface area contributed by atoms with Gasteiger partial charge in [-0.15, -0.1) is 0 Å². The Morgan fingerprint density at radius 1 is 1.39 bits per heavy atom. The summed E-state index contributed by atoms with van der Waals surface area (Å²) in [7, 11) is 0. The van der Waals surface area contributed by atoms with E-state index in [-0.39, 0.29) is 11.5 Å². The van der Waals surface area contributed by atoms with Gasteiger partial charge in [-0.25, -0.2) is 9.53 Å². The van der Waals surface area contributed by atoms with Crippen LogP contribution in [0, 0.1) is 5.21 Å². The Morgan fingerprint density at radius 2 is 2.17 bits per heavy atom. The summed E-state index contributed by atoms with van der Waals surface area (Å²) in [6.07, 6.45) is 4.18. The molecule has 0 saturated heterocycles. The predicted octanol–water partition coefficient (Wildman–Crippen LogP) is 1.16. The van der Waals surface area contributed by atoms with Gasteiger partial charge in [0.1, 0.15) is 6.20 Å². The normalized spacial score (nSPS) is 16.7. The number of aliphatic carboxylic acids is 1. The third kappa shape index (κ3) is 1.43. The van der Waals surface area contributed by atoms with Crippen LogP contribution in [0.2, 0.25) is 0 Å². The van der Waals surface area contributed by atoms with Gasteiger partial charge in [-0.2, -0.15) is 0 Å². The SMILES string of the molecule is O=C(O)C1=[N+]([O-])C2=Cc3ccccc3ON2C=C1. The number of carbonyl (C=O) groups is 1. The van der Waals surface area contributed by atoms with Crippen molar-refractivity contribution >= 4 is 17.8 Å². The van der Waals surface area contributed by atoms with E-state index in [1.807, 2.05) is 12.1 Å². The number of carboxylic acids is 1. The molecular formula is C12H8N2O4. The molecule has 2 aliphatic heterocycles. The summed E-state index contributed by atoms with van der Waals surface area (Å²) >= 11 is 0. The van der Waals surface area contributed by atoms with Gasteiger partial charge in [-0.05, 0) is 11.1 Å². The highest BCUT2D eigenvalue weighted by atomic mass is 16.7. The third-order valence-electron chi connectivity index (χ3n) is 2.64. The quantitative estimate of drug-likeness (QED) is 0.592. The lowest BCUT2D eigenvalue weighted by atomic mass is 10.1. The minimum atomic E-state index is -1.28. The second-order valence-electron chi connectivity index (χ2n) is 3.76. The van der Waals surface area contributed by atoms with Crippen molar-refractivity contribution in [2.45, 2.75) is 0 Å². The van der Waals surface area contributed by atoms with Crippen molar-refractivity contribution in [1.29, 1.82) is 0 Å². The monoisotopic (exact) mass is 244 g/mol. The lowest BCUT2D eigenvalue weighted by molar-refractivity contribution is -0.436. The highest BCUT2D eigenvalue weighted by molar-refractivity contribution is 6.38. The zero-order chi connectivity index (χ0) is 12.7. The molecule has 0 bridgehead atoms. The number of para-hydroxylation sites is 1. The van der Waals surface area contributed by atoms with Crippen molar-refractivity contribution in [1.82, 2.24) is 5.06 Å². The first-order valence-corrected chi connectivity index (χ1v) is 5.20. The molecule has 0 aliphatic carbocycles. The number of benzene rings is 1. The van der Waals surface area contributed by atoms with Crippen LogP contribution in [-0.2, 0) is 4.79 Å². The lowest BCUT2D eigenvalue weighted by Crippen LogP contribution is -2.37. The average Bonchev–Trinajstić information content (AvgIpc) is 2.37. The Morgan fingerprint density at radius 3 is 2.94 bits per heavy atom. The minimum Gasteiger partial charge on any atom is -0.710 e. The van der Waals surface area contributed by atoms with Crippen LogP contribution in [0.4, 0.5) is 0 Å². The molecule has 2 heterocycles. The molecule has 1 aromatic carbocycles. The van der Waals surface area contributed by atoms with Crippen molar-refractivity contribution in [2.24, 2.45) is 0 Å². The molecule has 0 spiro atoms. The lowest BCUT2D eigenvalue weighted by Gasteiger charge is -2.26. The fourth-order valence-electron chi connectivity index (χ4n) is 1.78. The smallest absolute Gasteiger partial charge is 0.376 e. The zero-order valence-corrected chi connectivity index (χ0v) is 9.11. The largest absolute Gasteiger partial charge is 0.710 e. The van der Waals surface area contributed by atoms with Crippen molar-refractivity contribution in [2.75, 3.05) is 0 Å². The molecule has 1 N–H and O–H groups in total. The van der Waals surface area contributed by atoms with Crippen LogP contribution in [0.3, 0.4) is 0 Å². The molecular weight excluding hydrogens is 236 g/mol. The summed E-state index contributed by atoms with van der Waals surface area (Å²) in [6.45, 7) is 0. The van der Waals surface area contributed by atoms with E-state index in [1.165, 1.54) is 17.3 Å². The van der Waals surface area contributed by atoms with Crippen molar-refractivity contribution in [3.8, 4) is 5.75 Å². The molecule has 3 rings (SSSR count). The van der Waals surface area contributed by atoms with Crippen LogP contribution in [0.25, 0.3) is 6.08 Å². The topological polar surface area (TPSA) is 75.8 Å². The molecule has 0 fully saturated rings. The molecule has 6 heteroatoms. The number of hydroxylamine groups is 3. The predicted molar refractivity (Wildman–Crippen MR) is 62.3 cm³/mol. The Labute approximate surface area is 102 Å². The molecule has 0 aromatic heterocycles. The summed E-state index contributed by atoms with van der Waals surface area (Å²) in [6, 6.07) is 7.17. The maximum Gasteiger partial charge on any atom is 0.376 e. The van der Waals surface area contributed by atoms with E-state index >= 15 is 0 Å². The second-order valence-corrected chi connectivity index (χ2v) is 3.76. The van der Waals surface area contributed by atoms with Gasteiger partial charge in [-0.3, -0.25) is 4.84 Å². The van der Waals surface area contributed by atoms with Gasteiger partial charge in [-0.1, -0.05) is 18.2 Å². The van der Waals surface area contributed by atoms with E-state index in [0.29, 0.717) is 10.5 Å². The van der Waals surface area contributed by atoms with Crippen LogP contribution in [0.1, 0.15) is 5.56 Å². The van der Waals surface area contributed by atoms with Gasteiger partial charge in [0.05, 0.1) is 0 Å². The van der Waals surface area contributed by atoms with Crippen LogP contribution in [0.15, 0.2) is 42.4 Å². The fourth-order valence-corrected chi connectivity index (χ4v) is 1.78. The van der Waals surface area contributed by atoms with E-state index in [2.05, 4.69) is 0 Å². The highest BCUT2D eigenvalue weighted by Crippen LogP contribution is 2.30. The van der Waals surface area contributed by atoms with Gasteiger partial charge < -0.3 is 10.3 Å². The van der Waals surface area contributed by atoms with Gasteiger partial charge in [0.15, 0.2) is 5.75 Å². The minimum absolute atomic E-state index is 0.119. The first kappa shape index (κ1) is 10.4. The van der Waals surface area contributed by atoms with Crippen LogP contribution in [0.5, 0.6) is 5.75 Å². The van der Waals surface area contributed by atoms with Gasteiger partial charge in [0, 0.05) is 17.7 Å². The van der Waals surface area contributed by atoms with E-state index in [9.17, 15) is 10.0 Å². The number of nitrogens with zero attached hydrogens (tertiary/aromatic N) is 2. The van der Waals surface area contributed by atoms with E-state index in [4.69, 9.17) is 9.94 Å². The highest BCUT2D eigenvalue weighted by Gasteiger charge is 2.32.